The van der Waals surface area contributed by atoms with E-state index < -0.39 is 5.41 Å². The van der Waals surface area contributed by atoms with E-state index in [-0.39, 0.29) is 5.41 Å². The molecule has 3 nitrogen and oxygen atoms in total. The molecule has 0 bridgehead atoms. The van der Waals surface area contributed by atoms with Gasteiger partial charge in [-0.25, -0.2) is 15.0 Å². The maximum Gasteiger partial charge on any atom is 0.164 e. The molecule has 8 aromatic carbocycles. The van der Waals surface area contributed by atoms with E-state index in [9.17, 15) is 0 Å². The van der Waals surface area contributed by atoms with Crippen molar-refractivity contribution in [2.24, 2.45) is 0 Å². The van der Waals surface area contributed by atoms with E-state index in [1.165, 1.54) is 44.5 Å². The predicted molar refractivity (Wildman–Crippen MR) is 236 cm³/mol. The number of nitrogens with zero attached hydrogens (tertiary/aromatic N) is 3. The third-order valence-electron chi connectivity index (χ3n) is 12.4. The largest absolute Gasteiger partial charge is 0.208 e. The lowest BCUT2D eigenvalue weighted by Crippen LogP contribution is -2.40. The lowest BCUT2D eigenvalue weighted by Gasteiger charge is -2.46. The highest BCUT2D eigenvalue weighted by Crippen LogP contribution is 2.62. The van der Waals surface area contributed by atoms with Crippen LogP contribution < -0.4 is 0 Å². The Balaban J connectivity index is 1.16. The molecule has 0 fully saturated rings. The summed E-state index contributed by atoms with van der Waals surface area (Å²) in [4.78, 5) is 15.9. The van der Waals surface area contributed by atoms with Crippen molar-refractivity contribution in [3.63, 3.8) is 0 Å². The van der Waals surface area contributed by atoms with Gasteiger partial charge in [-0.2, -0.15) is 0 Å². The molecular formula is C55H39N3. The number of fused-ring (bicyclic) bond motifs is 9. The van der Waals surface area contributed by atoms with Crippen molar-refractivity contribution in [2.45, 2.75) is 24.7 Å². The van der Waals surface area contributed by atoms with Crippen molar-refractivity contribution in [3.05, 3.63) is 234 Å². The molecule has 0 N–H and O–H groups in total. The minimum absolute atomic E-state index is 0.243. The molecule has 0 radical (unpaired) electrons. The van der Waals surface area contributed by atoms with Crippen molar-refractivity contribution in [2.75, 3.05) is 0 Å². The lowest BCUT2D eigenvalue weighted by molar-refractivity contribution is 0.563. The van der Waals surface area contributed by atoms with Crippen molar-refractivity contribution in [1.29, 1.82) is 0 Å². The highest BCUT2D eigenvalue weighted by molar-refractivity contribution is 5.89. The van der Waals surface area contributed by atoms with Crippen LogP contribution in [0.2, 0.25) is 0 Å². The van der Waals surface area contributed by atoms with Crippen molar-refractivity contribution in [1.82, 2.24) is 15.0 Å². The highest BCUT2D eigenvalue weighted by Gasteiger charge is 2.53. The maximum atomic E-state index is 5.33. The van der Waals surface area contributed by atoms with Crippen LogP contribution in [-0.4, -0.2) is 15.0 Å². The van der Waals surface area contributed by atoms with Crippen molar-refractivity contribution < 1.29 is 0 Å². The molecule has 2 aliphatic rings. The van der Waals surface area contributed by atoms with E-state index in [4.69, 9.17) is 15.0 Å². The fourth-order valence-electron chi connectivity index (χ4n) is 9.70. The summed E-state index contributed by atoms with van der Waals surface area (Å²) in [6.45, 7) is 4.73. The van der Waals surface area contributed by atoms with Gasteiger partial charge in [-0.1, -0.05) is 196 Å². The third-order valence-corrected chi connectivity index (χ3v) is 12.4. The van der Waals surface area contributed by atoms with E-state index in [2.05, 4.69) is 202 Å². The average Bonchev–Trinajstić information content (AvgIpc) is 3.59. The molecule has 1 spiro atoms. The molecule has 2 aliphatic carbocycles. The summed E-state index contributed by atoms with van der Waals surface area (Å²) in [5.74, 6) is 1.92. The Kier molecular flexibility index (Phi) is 7.74. The molecule has 1 heterocycles. The molecule has 0 saturated carbocycles. The van der Waals surface area contributed by atoms with E-state index in [0.29, 0.717) is 17.5 Å². The maximum absolute atomic E-state index is 5.33. The molecular weight excluding hydrogens is 703 g/mol. The van der Waals surface area contributed by atoms with Gasteiger partial charge in [0.2, 0.25) is 0 Å². The van der Waals surface area contributed by atoms with Crippen LogP contribution in [0.1, 0.15) is 47.2 Å². The summed E-state index contributed by atoms with van der Waals surface area (Å²) in [7, 11) is 0. The molecule has 0 unspecified atom stereocenters. The first kappa shape index (κ1) is 34.1. The fourth-order valence-corrected chi connectivity index (χ4v) is 9.70. The molecule has 0 aliphatic heterocycles. The van der Waals surface area contributed by atoms with E-state index in [1.54, 1.807) is 0 Å². The summed E-state index contributed by atoms with van der Waals surface area (Å²) in [6, 6.07) is 71.9. The molecule has 1 aromatic heterocycles. The summed E-state index contributed by atoms with van der Waals surface area (Å²) in [5, 5.41) is 0. The smallest absolute Gasteiger partial charge is 0.164 e. The molecule has 0 amide bonds. The third kappa shape index (κ3) is 5.17. The standard InChI is InChI=1S/C55H39N3/c1-54(2)47-29-13-14-30-49(47)55(45-27-11-9-25-43(45)44-26-10-12-28-46(44)55)50-35-42(31-32-48(50)54)53-57-51(40-23-15-21-38(33-40)36-17-5-3-6-18-36)56-52(58-53)41-24-16-22-39(34-41)37-19-7-4-8-20-37/h3-35H,1-2H3. The fraction of sp³-hybridized carbons (Fsp3) is 0.0727. The van der Waals surface area contributed by atoms with Crippen molar-refractivity contribution >= 4 is 0 Å². The lowest BCUT2D eigenvalue weighted by atomic mass is 9.55. The van der Waals surface area contributed by atoms with E-state index >= 15 is 0 Å². The summed E-state index contributed by atoms with van der Waals surface area (Å²) in [5.41, 5.74) is 17.0. The number of hydrogen-bond donors (Lipinski definition) is 0. The second-order valence-corrected chi connectivity index (χ2v) is 16.0. The molecule has 274 valence electrons. The minimum atomic E-state index is -0.517. The van der Waals surface area contributed by atoms with E-state index in [0.717, 1.165) is 38.9 Å². The summed E-state index contributed by atoms with van der Waals surface area (Å²) in [6.07, 6.45) is 0. The average molecular weight is 742 g/mol. The van der Waals surface area contributed by atoms with Crippen LogP contribution >= 0.6 is 0 Å². The zero-order chi connectivity index (χ0) is 38.8. The van der Waals surface area contributed by atoms with Gasteiger partial charge < -0.3 is 0 Å². The Bertz CT molecular complexity index is 2890. The van der Waals surface area contributed by atoms with Crippen molar-refractivity contribution in [3.8, 4) is 67.5 Å². The van der Waals surface area contributed by atoms with Gasteiger partial charge >= 0.3 is 0 Å². The Morgan fingerprint density at radius 2 is 0.655 bits per heavy atom. The molecule has 11 rings (SSSR count). The monoisotopic (exact) mass is 741 g/mol. The molecule has 0 atom stereocenters. The van der Waals surface area contributed by atoms with Gasteiger partial charge in [0, 0.05) is 22.1 Å². The van der Waals surface area contributed by atoms with Crippen LogP contribution in [0, 0.1) is 0 Å². The number of aromatic nitrogens is 3. The number of rotatable bonds is 5. The first-order valence-corrected chi connectivity index (χ1v) is 20.0. The van der Waals surface area contributed by atoms with Crippen LogP contribution in [0.15, 0.2) is 200 Å². The zero-order valence-corrected chi connectivity index (χ0v) is 32.4. The second kappa shape index (κ2) is 13.2. The molecule has 3 heteroatoms. The van der Waals surface area contributed by atoms with Crippen LogP contribution in [0.3, 0.4) is 0 Å². The van der Waals surface area contributed by atoms with Gasteiger partial charge in [0.15, 0.2) is 17.5 Å². The predicted octanol–water partition coefficient (Wildman–Crippen LogP) is 13.2. The molecule has 0 saturated heterocycles. The first-order chi connectivity index (χ1) is 28.5. The van der Waals surface area contributed by atoms with Gasteiger partial charge in [0.25, 0.3) is 0 Å². The van der Waals surface area contributed by atoms with Crippen LogP contribution in [0.4, 0.5) is 0 Å². The molecule has 9 aromatic rings. The van der Waals surface area contributed by atoms with Gasteiger partial charge in [-0.3, -0.25) is 0 Å². The highest BCUT2D eigenvalue weighted by atomic mass is 15.0. The second-order valence-electron chi connectivity index (χ2n) is 16.0. The minimum Gasteiger partial charge on any atom is -0.208 e. The van der Waals surface area contributed by atoms with Gasteiger partial charge in [0.1, 0.15) is 0 Å². The van der Waals surface area contributed by atoms with Gasteiger partial charge in [-0.05, 0) is 85.0 Å². The Hall–Kier alpha value is -7.23. The number of benzene rings is 8. The van der Waals surface area contributed by atoms with Gasteiger partial charge in [-0.15, -0.1) is 0 Å². The Morgan fingerprint density at radius 3 is 1.17 bits per heavy atom. The normalized spacial score (nSPS) is 14.0. The quantitative estimate of drug-likeness (QED) is 0.176. The number of hydrogen-bond acceptors (Lipinski definition) is 3. The zero-order valence-electron chi connectivity index (χ0n) is 32.4. The van der Waals surface area contributed by atoms with Crippen LogP contribution in [0.25, 0.3) is 67.5 Å². The van der Waals surface area contributed by atoms with Gasteiger partial charge in [0.05, 0.1) is 5.41 Å². The summed E-state index contributed by atoms with van der Waals surface area (Å²) < 4.78 is 0. The summed E-state index contributed by atoms with van der Waals surface area (Å²) >= 11 is 0. The SMILES string of the molecule is CC1(C)c2ccccc2C2(c3ccccc3-c3ccccc32)c2cc(-c3nc(-c4cccc(-c5ccccc5)c4)nc(-c4cccc(-c5ccccc5)c4)n3)ccc21. The Morgan fingerprint density at radius 1 is 0.276 bits per heavy atom. The molecule has 58 heavy (non-hydrogen) atoms. The van der Waals surface area contributed by atoms with E-state index in [1.807, 2.05) is 12.1 Å². The Labute approximate surface area is 339 Å². The van der Waals surface area contributed by atoms with Crippen LogP contribution in [0.5, 0.6) is 0 Å². The van der Waals surface area contributed by atoms with Crippen LogP contribution in [-0.2, 0) is 10.8 Å². The first-order valence-electron chi connectivity index (χ1n) is 20.0. The topological polar surface area (TPSA) is 38.7 Å².